The number of halogens is 1. The highest BCUT2D eigenvalue weighted by atomic mass is 35.5. The molecule has 1 rings (SSSR count). The molecule has 1 heterocycles. The van der Waals surface area contributed by atoms with Crippen LogP contribution in [0.3, 0.4) is 0 Å². The topological polar surface area (TPSA) is 59.2 Å². The van der Waals surface area contributed by atoms with Crippen LogP contribution in [0, 0.1) is 5.41 Å². The first-order valence-electron chi connectivity index (χ1n) is 4.09. The Balaban J connectivity index is 2.86. The summed E-state index contributed by atoms with van der Waals surface area (Å²) < 4.78 is 4.91. The van der Waals surface area contributed by atoms with Crippen molar-refractivity contribution in [2.75, 3.05) is 11.9 Å². The Morgan fingerprint density at radius 1 is 1.43 bits per heavy atom. The van der Waals surface area contributed by atoms with Crippen molar-refractivity contribution >= 4 is 23.5 Å². The minimum Gasteiger partial charge on any atom is -0.393 e. The molecule has 0 bridgehead atoms. The molecule has 6 heteroatoms. The van der Waals surface area contributed by atoms with Gasteiger partial charge in [-0.15, -0.1) is 0 Å². The van der Waals surface area contributed by atoms with Crippen LogP contribution in [-0.2, 0) is 4.79 Å². The standard InChI is InChI=1S/C8H12ClN3O2/c1-8(2,3)5(13)12(4)7-11-10-6(9)14-7/h1-4H3. The summed E-state index contributed by atoms with van der Waals surface area (Å²) in [6, 6.07) is 0.106. The van der Waals surface area contributed by atoms with Gasteiger partial charge in [-0.3, -0.25) is 9.69 Å². The summed E-state index contributed by atoms with van der Waals surface area (Å²) in [6.07, 6.45) is 0. The van der Waals surface area contributed by atoms with E-state index >= 15 is 0 Å². The van der Waals surface area contributed by atoms with Gasteiger partial charge in [0.2, 0.25) is 5.91 Å². The van der Waals surface area contributed by atoms with Crippen LogP contribution >= 0.6 is 11.6 Å². The van der Waals surface area contributed by atoms with Gasteiger partial charge in [-0.25, -0.2) is 0 Å². The zero-order valence-electron chi connectivity index (χ0n) is 8.54. The van der Waals surface area contributed by atoms with Crippen molar-refractivity contribution in [2.45, 2.75) is 20.8 Å². The van der Waals surface area contributed by atoms with E-state index in [1.165, 1.54) is 4.90 Å². The van der Waals surface area contributed by atoms with Crippen molar-refractivity contribution in [2.24, 2.45) is 5.41 Å². The molecule has 0 aliphatic heterocycles. The molecule has 5 nitrogen and oxygen atoms in total. The first-order valence-corrected chi connectivity index (χ1v) is 4.47. The molecule has 0 radical (unpaired) electrons. The van der Waals surface area contributed by atoms with Crippen LogP contribution in [0.2, 0.25) is 5.35 Å². The van der Waals surface area contributed by atoms with Crippen LogP contribution < -0.4 is 4.90 Å². The van der Waals surface area contributed by atoms with Crippen LogP contribution in [0.4, 0.5) is 6.01 Å². The molecule has 0 fully saturated rings. The maximum atomic E-state index is 11.7. The predicted octanol–water partition coefficient (Wildman–Crippen LogP) is 1.73. The van der Waals surface area contributed by atoms with Crippen LogP contribution in [0.5, 0.6) is 0 Å². The fourth-order valence-corrected chi connectivity index (χ4v) is 1.03. The summed E-state index contributed by atoms with van der Waals surface area (Å²) in [5.74, 6) is -0.113. The van der Waals surface area contributed by atoms with Gasteiger partial charge in [-0.1, -0.05) is 31.0 Å². The number of carbonyl (C=O) groups excluding carboxylic acids is 1. The predicted molar refractivity (Wildman–Crippen MR) is 52.2 cm³/mol. The van der Waals surface area contributed by atoms with E-state index in [4.69, 9.17) is 16.0 Å². The van der Waals surface area contributed by atoms with E-state index in [0.29, 0.717) is 0 Å². The van der Waals surface area contributed by atoms with Crippen molar-refractivity contribution in [3.8, 4) is 0 Å². The molecule has 0 aliphatic carbocycles. The van der Waals surface area contributed by atoms with E-state index in [2.05, 4.69) is 10.2 Å². The van der Waals surface area contributed by atoms with Gasteiger partial charge in [0, 0.05) is 12.5 Å². The van der Waals surface area contributed by atoms with E-state index in [9.17, 15) is 4.79 Å². The van der Waals surface area contributed by atoms with Crippen molar-refractivity contribution < 1.29 is 9.21 Å². The number of rotatable bonds is 1. The minimum atomic E-state index is -0.490. The van der Waals surface area contributed by atoms with Crippen LogP contribution in [-0.4, -0.2) is 23.2 Å². The van der Waals surface area contributed by atoms with Crippen LogP contribution in [0.25, 0.3) is 0 Å². The summed E-state index contributed by atoms with van der Waals surface area (Å²) in [5.41, 5.74) is -0.490. The number of aromatic nitrogens is 2. The smallest absolute Gasteiger partial charge is 0.325 e. The Morgan fingerprint density at radius 3 is 2.36 bits per heavy atom. The normalized spacial score (nSPS) is 11.5. The Kier molecular flexibility index (Phi) is 2.80. The third kappa shape index (κ3) is 2.23. The lowest BCUT2D eigenvalue weighted by molar-refractivity contribution is -0.125. The number of anilines is 1. The van der Waals surface area contributed by atoms with E-state index in [-0.39, 0.29) is 17.3 Å². The second-order valence-corrected chi connectivity index (χ2v) is 4.28. The SMILES string of the molecule is CN(C(=O)C(C)(C)C)c1nnc(Cl)o1. The van der Waals surface area contributed by atoms with Gasteiger partial charge >= 0.3 is 11.4 Å². The Labute approximate surface area is 87.0 Å². The Hall–Kier alpha value is -1.10. The molecule has 1 amide bonds. The average Bonchev–Trinajstić information content (AvgIpc) is 2.47. The lowest BCUT2D eigenvalue weighted by Crippen LogP contribution is -2.36. The fraction of sp³-hybridized carbons (Fsp3) is 0.625. The van der Waals surface area contributed by atoms with E-state index in [1.807, 2.05) is 20.8 Å². The van der Waals surface area contributed by atoms with Crippen molar-refractivity contribution in [1.82, 2.24) is 10.2 Å². The lowest BCUT2D eigenvalue weighted by Gasteiger charge is -2.22. The quantitative estimate of drug-likeness (QED) is 0.719. The van der Waals surface area contributed by atoms with E-state index in [1.54, 1.807) is 7.05 Å². The molecule has 0 saturated heterocycles. The summed E-state index contributed by atoms with van der Waals surface area (Å²) >= 11 is 5.45. The number of hydrogen-bond donors (Lipinski definition) is 0. The van der Waals surface area contributed by atoms with Crippen molar-refractivity contribution in [3.05, 3.63) is 5.35 Å². The molecule has 0 aromatic carbocycles. The zero-order chi connectivity index (χ0) is 10.9. The highest BCUT2D eigenvalue weighted by Gasteiger charge is 2.28. The summed E-state index contributed by atoms with van der Waals surface area (Å²) in [4.78, 5) is 13.0. The molecule has 0 atom stereocenters. The molecule has 0 aliphatic rings. The van der Waals surface area contributed by atoms with Gasteiger partial charge in [0.1, 0.15) is 0 Å². The molecular weight excluding hydrogens is 206 g/mol. The highest BCUT2D eigenvalue weighted by molar-refractivity contribution is 6.27. The van der Waals surface area contributed by atoms with Gasteiger partial charge in [0.05, 0.1) is 0 Å². The monoisotopic (exact) mass is 217 g/mol. The van der Waals surface area contributed by atoms with E-state index in [0.717, 1.165) is 0 Å². The molecule has 0 saturated carbocycles. The first kappa shape index (κ1) is 11.0. The third-order valence-electron chi connectivity index (χ3n) is 1.62. The third-order valence-corrected chi connectivity index (χ3v) is 1.78. The van der Waals surface area contributed by atoms with Gasteiger partial charge in [-0.05, 0) is 11.6 Å². The molecule has 14 heavy (non-hydrogen) atoms. The maximum absolute atomic E-state index is 11.7. The average molecular weight is 218 g/mol. The number of nitrogens with zero attached hydrogens (tertiary/aromatic N) is 3. The molecule has 1 aromatic rings. The van der Waals surface area contributed by atoms with Gasteiger partial charge in [0.25, 0.3) is 0 Å². The Morgan fingerprint density at radius 2 is 2.00 bits per heavy atom. The molecule has 0 N–H and O–H groups in total. The minimum absolute atomic E-state index is 0.0754. The Bertz CT molecular complexity index is 343. The van der Waals surface area contributed by atoms with Crippen LogP contribution in [0.1, 0.15) is 20.8 Å². The zero-order valence-corrected chi connectivity index (χ0v) is 9.29. The van der Waals surface area contributed by atoms with Crippen LogP contribution in [0.15, 0.2) is 4.42 Å². The second-order valence-electron chi connectivity index (χ2n) is 3.95. The molecule has 78 valence electrons. The summed E-state index contributed by atoms with van der Waals surface area (Å²) in [5, 5.41) is 6.99. The second kappa shape index (κ2) is 3.57. The lowest BCUT2D eigenvalue weighted by atomic mass is 9.95. The van der Waals surface area contributed by atoms with Gasteiger partial charge in [-0.2, -0.15) is 0 Å². The largest absolute Gasteiger partial charge is 0.393 e. The van der Waals surface area contributed by atoms with E-state index < -0.39 is 5.41 Å². The van der Waals surface area contributed by atoms with Crippen molar-refractivity contribution in [3.63, 3.8) is 0 Å². The maximum Gasteiger partial charge on any atom is 0.325 e. The number of amides is 1. The summed E-state index contributed by atoms with van der Waals surface area (Å²) in [6.45, 7) is 5.43. The first-order chi connectivity index (χ1) is 6.32. The molecular formula is C8H12ClN3O2. The number of carbonyl (C=O) groups is 1. The molecule has 0 spiro atoms. The van der Waals surface area contributed by atoms with Crippen molar-refractivity contribution in [1.29, 1.82) is 0 Å². The fourth-order valence-electron chi connectivity index (χ4n) is 0.924. The van der Waals surface area contributed by atoms with Gasteiger partial charge in [0.15, 0.2) is 0 Å². The summed E-state index contributed by atoms with van der Waals surface area (Å²) in [7, 11) is 1.57. The highest BCUT2D eigenvalue weighted by Crippen LogP contribution is 2.21. The number of hydrogen-bond acceptors (Lipinski definition) is 4. The molecule has 1 aromatic heterocycles. The van der Waals surface area contributed by atoms with Gasteiger partial charge < -0.3 is 4.42 Å². The molecule has 0 unspecified atom stereocenters.